The largest absolute Gasteiger partial charge is 1.00 e. The number of nitrogens with zero attached hydrogens (tertiary/aromatic N) is 4. The number of alkyl halides is 5. The molecule has 0 saturated heterocycles. The van der Waals surface area contributed by atoms with Gasteiger partial charge in [0.25, 0.3) is 0 Å². The maximum atomic E-state index is 8.00. The number of halogens is 7. The molecule has 0 radical (unpaired) electrons. The van der Waals surface area contributed by atoms with Crippen molar-refractivity contribution in [1.82, 2.24) is 20.6 Å². The molecule has 0 spiro atoms. The van der Waals surface area contributed by atoms with E-state index in [2.05, 4.69) is 171 Å². The van der Waals surface area contributed by atoms with Crippen LogP contribution >= 0.6 is 145 Å². The molecule has 36 heavy (non-hydrogen) atoms. The van der Waals surface area contributed by atoms with Gasteiger partial charge in [-0.3, -0.25) is 5.01 Å². The summed E-state index contributed by atoms with van der Waals surface area (Å²) < 4.78 is 3.89. The van der Waals surface area contributed by atoms with Crippen molar-refractivity contribution >= 4 is 156 Å². The van der Waals surface area contributed by atoms with E-state index in [1.807, 2.05) is 38.4 Å². The van der Waals surface area contributed by atoms with Gasteiger partial charge in [0.15, 0.2) is 0 Å². The molecule has 10 nitrogen and oxygen atoms in total. The predicted octanol–water partition coefficient (Wildman–Crippen LogP) is 3.86. The van der Waals surface area contributed by atoms with E-state index in [9.17, 15) is 0 Å². The Morgan fingerprint density at radius 1 is 1.00 bits per heavy atom. The monoisotopic (exact) mass is 1200 g/mol. The molecular formula is C18H28Br2I5N8NaO2. The number of likely N-dealkylation sites (N-methyl/N-ethyl adjacent to an activating group) is 2. The summed E-state index contributed by atoms with van der Waals surface area (Å²) in [5.41, 5.74) is 0. The minimum absolute atomic E-state index is 0. The molecule has 0 fully saturated rings. The topological polar surface area (TPSA) is 144 Å². The molecule has 0 aliphatic carbocycles. The first-order valence-electron chi connectivity index (χ1n) is 9.40. The van der Waals surface area contributed by atoms with Gasteiger partial charge in [-0.25, -0.2) is 15.8 Å². The Balaban J connectivity index is -0.000000205. The van der Waals surface area contributed by atoms with Crippen molar-refractivity contribution < 1.29 is 29.6 Å². The maximum Gasteiger partial charge on any atom is 1.00 e. The van der Waals surface area contributed by atoms with Gasteiger partial charge in [-0.05, 0) is 70.2 Å². The van der Waals surface area contributed by atoms with E-state index in [0.717, 1.165) is 52.0 Å². The molecule has 2 heterocycles. The van der Waals surface area contributed by atoms with Gasteiger partial charge in [0.05, 0.1) is 2.43 Å². The van der Waals surface area contributed by atoms with Crippen molar-refractivity contribution in [3.8, 4) is 0 Å². The molecule has 2 rings (SSSR count). The van der Waals surface area contributed by atoms with Gasteiger partial charge in [-0.1, -0.05) is 113 Å². The van der Waals surface area contributed by atoms with Crippen LogP contribution in [0.3, 0.4) is 0 Å². The standard InChI is InChI=1S/C8H13BrN4.C8H12BrN3.CHI3.CH2I2.HNO2.Na/c1-11-4-5-13(10)8-3-2-7(9)6-12-8;1-10-4-5-11-8-3-2-7(9)6-12-8;2-1(3)4;2*2-1-3;/h2-3,6,11H,4-5,10H2,1H3;2-3,6,10H,4-5H2,1H3,(H,11,12);1H;1H2;(H,2,3);/q;;;;;+1/p-1. The summed E-state index contributed by atoms with van der Waals surface area (Å²) in [5.74, 6) is 7.43. The van der Waals surface area contributed by atoms with Crippen LogP contribution in [-0.2, 0) is 0 Å². The number of hydrazine groups is 1. The molecule has 0 unspecified atom stereocenters. The molecule has 0 amide bonds. The summed E-state index contributed by atoms with van der Waals surface area (Å²) >= 11 is 18.1. The number of nitrogens with one attached hydrogen (secondary N) is 3. The molecule has 0 saturated carbocycles. The Morgan fingerprint density at radius 3 is 1.81 bits per heavy atom. The third-order valence-corrected chi connectivity index (χ3v) is 3.96. The number of rotatable bonds is 8. The summed E-state index contributed by atoms with van der Waals surface area (Å²) in [6.45, 7) is 3.42. The van der Waals surface area contributed by atoms with Crippen LogP contribution in [0.25, 0.3) is 0 Å². The number of nitrogens with two attached hydrogens (primary N) is 1. The van der Waals surface area contributed by atoms with E-state index < -0.39 is 0 Å². The second-order valence-electron chi connectivity index (χ2n) is 5.45. The summed E-state index contributed by atoms with van der Waals surface area (Å²) in [5, 5.41) is 19.9. The van der Waals surface area contributed by atoms with Crippen molar-refractivity contribution in [2.24, 2.45) is 11.2 Å². The molecule has 2 aromatic rings. The number of hydrogen-bond donors (Lipinski definition) is 4. The van der Waals surface area contributed by atoms with Gasteiger partial charge in [0.1, 0.15) is 11.6 Å². The first kappa shape index (κ1) is 45.8. The van der Waals surface area contributed by atoms with Gasteiger partial charge in [-0.2, -0.15) is 0 Å². The molecule has 2 aromatic heterocycles. The van der Waals surface area contributed by atoms with Gasteiger partial charge in [0, 0.05) is 47.5 Å². The second-order valence-corrected chi connectivity index (χ2v) is 22.6. The molecule has 0 bridgehead atoms. The predicted molar refractivity (Wildman–Crippen MR) is 200 cm³/mol. The Bertz CT molecular complexity index is 714. The SMILES string of the molecule is CNCCN(N)c1ccc(Br)cn1.CNCCNc1ccc(Br)cn1.IC(I)I.ICI.O=N[O-].[Na+]. The van der Waals surface area contributed by atoms with Gasteiger partial charge < -0.3 is 26.1 Å². The molecule has 18 heteroatoms. The van der Waals surface area contributed by atoms with E-state index in [0.29, 0.717) is 0 Å². The fourth-order valence-corrected chi connectivity index (χ4v) is 2.15. The van der Waals surface area contributed by atoms with Crippen molar-refractivity contribution in [2.45, 2.75) is -0.0619 Å². The van der Waals surface area contributed by atoms with Gasteiger partial charge >= 0.3 is 29.6 Å². The van der Waals surface area contributed by atoms with Crippen LogP contribution in [0, 0.1) is 10.1 Å². The number of hydrogen-bond acceptors (Lipinski definition) is 10. The van der Waals surface area contributed by atoms with Gasteiger partial charge in [0.2, 0.25) is 0 Å². The summed E-state index contributed by atoms with van der Waals surface area (Å²) in [6.07, 6.45) is 3.51. The van der Waals surface area contributed by atoms with E-state index in [4.69, 9.17) is 16.0 Å². The minimum Gasteiger partial charge on any atom is -0.444 e. The fourth-order valence-electron chi connectivity index (χ4n) is 1.68. The maximum absolute atomic E-state index is 8.00. The minimum atomic E-state index is 0. The van der Waals surface area contributed by atoms with Crippen molar-refractivity contribution in [3.05, 3.63) is 55.7 Å². The molecular weight excluding hydrogens is 1180 g/mol. The van der Waals surface area contributed by atoms with Crippen LogP contribution in [0.1, 0.15) is 0 Å². The summed E-state index contributed by atoms with van der Waals surface area (Å²) in [4.78, 5) is 16.3. The van der Waals surface area contributed by atoms with Crippen LogP contribution in [0.5, 0.6) is 0 Å². The molecule has 202 valence electrons. The van der Waals surface area contributed by atoms with Gasteiger partial charge in [-0.15, -0.1) is 5.34 Å². The molecule has 0 aliphatic rings. The van der Waals surface area contributed by atoms with Crippen LogP contribution in [0.2, 0.25) is 0 Å². The molecule has 5 N–H and O–H groups in total. The third kappa shape index (κ3) is 36.8. The number of aromatic nitrogens is 2. The van der Waals surface area contributed by atoms with E-state index in [1.54, 1.807) is 17.4 Å². The third-order valence-electron chi connectivity index (χ3n) is 3.02. The molecule has 0 aliphatic heterocycles. The van der Waals surface area contributed by atoms with Crippen molar-refractivity contribution in [3.63, 3.8) is 0 Å². The fraction of sp³-hybridized carbons (Fsp3) is 0.444. The quantitative estimate of drug-likeness (QED) is 0.0590. The second kappa shape index (κ2) is 35.8. The van der Waals surface area contributed by atoms with E-state index >= 15 is 0 Å². The van der Waals surface area contributed by atoms with Crippen molar-refractivity contribution in [2.75, 3.05) is 53.0 Å². The average molecular weight is 1210 g/mol. The summed E-state index contributed by atoms with van der Waals surface area (Å²) in [6, 6.07) is 7.70. The molecule has 0 aromatic carbocycles. The van der Waals surface area contributed by atoms with Crippen LogP contribution in [0.4, 0.5) is 11.6 Å². The van der Waals surface area contributed by atoms with E-state index in [-0.39, 0.29) is 29.6 Å². The zero-order valence-corrected chi connectivity index (χ0v) is 35.9. The normalized spacial score (nSPS) is 8.75. The van der Waals surface area contributed by atoms with Crippen molar-refractivity contribution in [1.29, 1.82) is 0 Å². The zero-order valence-electron chi connectivity index (χ0n) is 19.9. The van der Waals surface area contributed by atoms with Crippen LogP contribution < -0.4 is 56.4 Å². The Kier molecular flexibility index (Phi) is 45.5. The van der Waals surface area contributed by atoms with Crippen LogP contribution in [0.15, 0.2) is 50.9 Å². The van der Waals surface area contributed by atoms with E-state index in [1.165, 1.54) is 2.43 Å². The first-order valence-corrected chi connectivity index (χ1v) is 17.8. The summed E-state index contributed by atoms with van der Waals surface area (Å²) in [7, 11) is 3.82. The Hall–Kier alpha value is 2.79. The average Bonchev–Trinajstić information content (AvgIpc) is 2.80. The van der Waals surface area contributed by atoms with Crippen LogP contribution in [-0.4, -0.2) is 52.6 Å². The Morgan fingerprint density at radius 2 is 1.44 bits per heavy atom. The zero-order chi connectivity index (χ0) is 27.5. The smallest absolute Gasteiger partial charge is 0.444 e. The Labute approximate surface area is 320 Å². The number of anilines is 2. The first-order chi connectivity index (χ1) is 16.6. The molecule has 0 atom stereocenters. The number of pyridine rings is 2.